The maximum atomic E-state index is 12.5. The predicted molar refractivity (Wildman–Crippen MR) is 78.8 cm³/mol. The summed E-state index contributed by atoms with van der Waals surface area (Å²) in [5.74, 6) is -1.05. The van der Waals surface area contributed by atoms with Gasteiger partial charge in [-0.3, -0.25) is 24.7 Å². The van der Waals surface area contributed by atoms with Crippen LogP contribution in [0.3, 0.4) is 0 Å². The number of allylic oxidation sites excluding steroid dienone is 2. The van der Waals surface area contributed by atoms with Gasteiger partial charge in [-0.25, -0.2) is 0 Å². The molecule has 0 radical (unpaired) electrons. The summed E-state index contributed by atoms with van der Waals surface area (Å²) in [7, 11) is 0. The van der Waals surface area contributed by atoms with Crippen LogP contribution in [0.25, 0.3) is 5.57 Å². The fraction of sp³-hybridized carbons (Fsp3) is 0. The van der Waals surface area contributed by atoms with E-state index >= 15 is 0 Å². The Morgan fingerprint density at radius 2 is 1.86 bits per heavy atom. The number of nitro groups is 1. The Bertz CT molecular complexity index is 873. The van der Waals surface area contributed by atoms with Crippen molar-refractivity contribution in [1.29, 1.82) is 0 Å². The zero-order valence-corrected chi connectivity index (χ0v) is 11.7. The molecule has 1 aromatic carbocycles. The first-order valence-electron chi connectivity index (χ1n) is 6.19. The van der Waals surface area contributed by atoms with Crippen molar-refractivity contribution in [3.05, 3.63) is 74.6 Å². The molecular weight excluding hydrogens is 308 g/mol. The molecule has 0 fully saturated rings. The van der Waals surface area contributed by atoms with Gasteiger partial charge in [0.1, 0.15) is 10.7 Å². The molecule has 22 heavy (non-hydrogen) atoms. The van der Waals surface area contributed by atoms with Crippen LogP contribution in [0, 0.1) is 10.1 Å². The third kappa shape index (κ3) is 2.10. The van der Waals surface area contributed by atoms with Crippen LogP contribution in [-0.4, -0.2) is 21.5 Å². The van der Waals surface area contributed by atoms with Crippen molar-refractivity contribution in [2.24, 2.45) is 0 Å². The Hall–Kier alpha value is -2.86. The number of hydrogen-bond acceptors (Lipinski definition) is 5. The number of carbonyl (C=O) groups is 2. The van der Waals surface area contributed by atoms with Crippen LogP contribution in [0.15, 0.2) is 47.6 Å². The van der Waals surface area contributed by atoms with E-state index in [0.29, 0.717) is 0 Å². The molecule has 0 amide bonds. The number of pyridine rings is 1. The van der Waals surface area contributed by atoms with Gasteiger partial charge in [0.25, 0.3) is 5.69 Å². The van der Waals surface area contributed by atoms with Gasteiger partial charge in [-0.05, 0) is 17.7 Å². The van der Waals surface area contributed by atoms with E-state index < -0.39 is 16.5 Å². The molecule has 0 N–H and O–H groups in total. The molecule has 0 spiro atoms. The van der Waals surface area contributed by atoms with E-state index in [9.17, 15) is 19.7 Å². The highest BCUT2D eigenvalue weighted by atomic mass is 35.5. The van der Waals surface area contributed by atoms with E-state index in [0.717, 1.165) is 0 Å². The Morgan fingerprint density at radius 3 is 2.59 bits per heavy atom. The summed E-state index contributed by atoms with van der Waals surface area (Å²) in [5, 5.41) is 10.6. The van der Waals surface area contributed by atoms with Crippen LogP contribution in [0.2, 0.25) is 0 Å². The highest BCUT2D eigenvalue weighted by Crippen LogP contribution is 2.34. The number of fused-ring (bicyclic) bond motifs is 1. The standard InChI is InChI=1S/C15H7ClN2O4/c16-12-11(8-3-1-4-9(7-8)18(21)22)14(19)10-5-2-6-17-13(10)15(12)20/h1-7H. The summed E-state index contributed by atoms with van der Waals surface area (Å²) in [6, 6.07) is 8.45. The summed E-state index contributed by atoms with van der Waals surface area (Å²) >= 11 is 6.02. The lowest BCUT2D eigenvalue weighted by molar-refractivity contribution is -0.384. The minimum atomic E-state index is -0.581. The Balaban J connectivity index is 2.21. The van der Waals surface area contributed by atoms with Gasteiger partial charge in [-0.1, -0.05) is 23.7 Å². The zero-order chi connectivity index (χ0) is 15.9. The van der Waals surface area contributed by atoms with Crippen molar-refractivity contribution in [2.45, 2.75) is 0 Å². The monoisotopic (exact) mass is 314 g/mol. The van der Waals surface area contributed by atoms with E-state index in [-0.39, 0.29) is 33.1 Å². The van der Waals surface area contributed by atoms with Gasteiger partial charge in [0.05, 0.1) is 16.1 Å². The third-order valence-corrected chi connectivity index (χ3v) is 3.62. The first kappa shape index (κ1) is 14.1. The van der Waals surface area contributed by atoms with Gasteiger partial charge in [-0.15, -0.1) is 0 Å². The lowest BCUT2D eigenvalue weighted by Gasteiger charge is -2.16. The number of Topliss-reactive ketones (excluding diaryl/α,β-unsaturated/α-hetero) is 2. The largest absolute Gasteiger partial charge is 0.288 e. The maximum Gasteiger partial charge on any atom is 0.270 e. The number of nitro benzene ring substituents is 1. The van der Waals surface area contributed by atoms with Gasteiger partial charge in [0.15, 0.2) is 5.78 Å². The van der Waals surface area contributed by atoms with Crippen molar-refractivity contribution < 1.29 is 14.5 Å². The smallest absolute Gasteiger partial charge is 0.270 e. The van der Waals surface area contributed by atoms with E-state index in [1.807, 2.05) is 0 Å². The number of non-ortho nitro benzene ring substituents is 1. The van der Waals surface area contributed by atoms with Crippen LogP contribution in [0.1, 0.15) is 26.4 Å². The van der Waals surface area contributed by atoms with E-state index in [4.69, 9.17) is 11.6 Å². The number of aromatic nitrogens is 1. The number of rotatable bonds is 2. The molecule has 0 bridgehead atoms. The number of ketones is 2. The van der Waals surface area contributed by atoms with E-state index in [2.05, 4.69) is 4.98 Å². The number of nitrogens with zero attached hydrogens (tertiary/aromatic N) is 2. The highest BCUT2D eigenvalue weighted by molar-refractivity contribution is 6.56. The van der Waals surface area contributed by atoms with Gasteiger partial charge in [-0.2, -0.15) is 0 Å². The zero-order valence-electron chi connectivity index (χ0n) is 10.9. The Kier molecular flexibility index (Phi) is 3.30. The molecule has 0 saturated carbocycles. The average molecular weight is 315 g/mol. The molecule has 0 saturated heterocycles. The number of benzene rings is 1. The lowest BCUT2D eigenvalue weighted by atomic mass is 9.88. The van der Waals surface area contributed by atoms with Gasteiger partial charge >= 0.3 is 0 Å². The third-order valence-electron chi connectivity index (χ3n) is 3.26. The van der Waals surface area contributed by atoms with Crippen molar-refractivity contribution >= 4 is 34.4 Å². The molecule has 108 valence electrons. The first-order chi connectivity index (χ1) is 10.5. The fourth-order valence-corrected chi connectivity index (χ4v) is 2.54. The molecule has 7 heteroatoms. The second-order valence-electron chi connectivity index (χ2n) is 4.55. The molecule has 0 atom stereocenters. The van der Waals surface area contributed by atoms with E-state index in [1.54, 1.807) is 0 Å². The van der Waals surface area contributed by atoms with Crippen LogP contribution in [0.5, 0.6) is 0 Å². The summed E-state index contributed by atoms with van der Waals surface area (Å²) in [6.45, 7) is 0. The van der Waals surface area contributed by atoms with Crippen molar-refractivity contribution in [3.8, 4) is 0 Å². The SMILES string of the molecule is O=C1C(c2cccc([N+](=O)[O-])c2)=C(Cl)C(=O)c2ncccc21. The van der Waals surface area contributed by atoms with Gasteiger partial charge in [0, 0.05) is 18.3 Å². The maximum absolute atomic E-state index is 12.5. The second-order valence-corrected chi connectivity index (χ2v) is 4.93. The van der Waals surface area contributed by atoms with Gasteiger partial charge < -0.3 is 0 Å². The van der Waals surface area contributed by atoms with E-state index in [1.165, 1.54) is 42.6 Å². The number of hydrogen-bond donors (Lipinski definition) is 0. The molecule has 0 aliphatic heterocycles. The molecule has 1 heterocycles. The number of carbonyl (C=O) groups excluding carboxylic acids is 2. The normalized spacial score (nSPS) is 14.0. The molecule has 1 aliphatic rings. The second kappa shape index (κ2) is 5.16. The lowest BCUT2D eigenvalue weighted by Crippen LogP contribution is -2.20. The molecule has 1 aliphatic carbocycles. The van der Waals surface area contributed by atoms with Crippen molar-refractivity contribution in [3.63, 3.8) is 0 Å². The summed E-state index contributed by atoms with van der Waals surface area (Å²) in [4.78, 5) is 38.9. The predicted octanol–water partition coefficient (Wildman–Crippen LogP) is 3.02. The Morgan fingerprint density at radius 1 is 1.09 bits per heavy atom. The van der Waals surface area contributed by atoms with Crippen molar-refractivity contribution in [2.75, 3.05) is 0 Å². The molecule has 6 nitrogen and oxygen atoms in total. The molecule has 0 unspecified atom stereocenters. The first-order valence-corrected chi connectivity index (χ1v) is 6.57. The van der Waals surface area contributed by atoms with Crippen LogP contribution >= 0.6 is 11.6 Å². The summed E-state index contributed by atoms with van der Waals surface area (Å²) in [6.07, 6.45) is 1.40. The van der Waals surface area contributed by atoms with Crippen LogP contribution < -0.4 is 0 Å². The van der Waals surface area contributed by atoms with Crippen LogP contribution in [0.4, 0.5) is 5.69 Å². The fourth-order valence-electron chi connectivity index (χ4n) is 2.25. The summed E-state index contributed by atoms with van der Waals surface area (Å²) in [5.41, 5.74) is 0.125. The quantitative estimate of drug-likeness (QED) is 0.627. The van der Waals surface area contributed by atoms with Crippen LogP contribution in [-0.2, 0) is 0 Å². The molecule has 3 rings (SSSR count). The number of halogens is 1. The minimum absolute atomic E-state index is 0.00770. The topological polar surface area (TPSA) is 90.2 Å². The molecule has 1 aromatic heterocycles. The molecule has 2 aromatic rings. The van der Waals surface area contributed by atoms with Crippen molar-refractivity contribution in [1.82, 2.24) is 4.98 Å². The minimum Gasteiger partial charge on any atom is -0.288 e. The average Bonchev–Trinajstić information content (AvgIpc) is 2.53. The Labute approximate surface area is 129 Å². The summed E-state index contributed by atoms with van der Waals surface area (Å²) < 4.78 is 0. The van der Waals surface area contributed by atoms with Gasteiger partial charge in [0.2, 0.25) is 5.78 Å². The highest BCUT2D eigenvalue weighted by Gasteiger charge is 2.33. The molecular formula is C15H7ClN2O4.